The van der Waals surface area contributed by atoms with Crippen molar-refractivity contribution in [3.05, 3.63) is 36.4 Å². The molecule has 0 radical (unpaired) electrons. The van der Waals surface area contributed by atoms with Gasteiger partial charge in [-0.3, -0.25) is 0 Å². The van der Waals surface area contributed by atoms with Gasteiger partial charge in [0.1, 0.15) is 5.75 Å². The van der Waals surface area contributed by atoms with Crippen molar-refractivity contribution >= 4 is 16.5 Å². The third kappa shape index (κ3) is 2.53. The van der Waals surface area contributed by atoms with Gasteiger partial charge in [0.15, 0.2) is 0 Å². The summed E-state index contributed by atoms with van der Waals surface area (Å²) in [6, 6.07) is 12.7. The van der Waals surface area contributed by atoms with Crippen molar-refractivity contribution < 1.29 is 4.74 Å². The third-order valence-electron chi connectivity index (χ3n) is 4.20. The van der Waals surface area contributed by atoms with Crippen LogP contribution in [0.4, 0.5) is 5.69 Å². The number of benzene rings is 2. The highest BCUT2D eigenvalue weighted by Gasteiger charge is 2.21. The largest absolute Gasteiger partial charge is 0.496 e. The second-order valence-corrected chi connectivity index (χ2v) is 5.59. The molecule has 0 amide bonds. The predicted octanol–water partition coefficient (Wildman–Crippen LogP) is 4.47. The van der Waals surface area contributed by atoms with Crippen LogP contribution in [-0.4, -0.2) is 19.7 Å². The molecular weight excluding hydrogens is 234 g/mol. The van der Waals surface area contributed by atoms with E-state index >= 15 is 0 Å². The maximum atomic E-state index is 5.40. The first kappa shape index (κ1) is 13.7. The Balaban J connectivity index is 2.48. The topological polar surface area (TPSA) is 12.5 Å². The summed E-state index contributed by atoms with van der Waals surface area (Å²) < 4.78 is 5.40. The van der Waals surface area contributed by atoms with Crippen LogP contribution in [-0.2, 0) is 0 Å². The number of nitrogens with zero attached hydrogens (tertiary/aromatic N) is 1. The van der Waals surface area contributed by atoms with E-state index in [1.54, 1.807) is 7.11 Å². The first-order valence-corrected chi connectivity index (χ1v) is 6.80. The Kier molecular flexibility index (Phi) is 3.70. The Morgan fingerprint density at radius 1 is 1.16 bits per heavy atom. The first-order valence-electron chi connectivity index (χ1n) is 6.80. The van der Waals surface area contributed by atoms with Gasteiger partial charge in [-0.1, -0.05) is 19.1 Å². The van der Waals surface area contributed by atoms with Crippen molar-refractivity contribution in [1.29, 1.82) is 0 Å². The molecule has 0 saturated heterocycles. The number of methoxy groups -OCH3 is 1. The summed E-state index contributed by atoms with van der Waals surface area (Å²) in [5.74, 6) is 0.932. The average molecular weight is 257 g/mol. The highest BCUT2D eigenvalue weighted by molar-refractivity contribution is 5.91. The lowest BCUT2D eigenvalue weighted by molar-refractivity contribution is 0.420. The highest BCUT2D eigenvalue weighted by atomic mass is 16.5. The normalized spacial score (nSPS) is 11.6. The van der Waals surface area contributed by atoms with E-state index in [4.69, 9.17) is 4.74 Å². The summed E-state index contributed by atoms with van der Waals surface area (Å²) in [7, 11) is 3.87. The van der Waals surface area contributed by atoms with Crippen LogP contribution in [0.25, 0.3) is 10.8 Å². The molecule has 0 aliphatic carbocycles. The van der Waals surface area contributed by atoms with E-state index in [0.717, 1.165) is 17.6 Å². The molecule has 0 fully saturated rings. The summed E-state index contributed by atoms with van der Waals surface area (Å²) in [5, 5.41) is 2.38. The van der Waals surface area contributed by atoms with Gasteiger partial charge in [-0.25, -0.2) is 0 Å². The number of rotatable bonds is 4. The molecule has 0 atom stereocenters. The maximum Gasteiger partial charge on any atom is 0.126 e. The van der Waals surface area contributed by atoms with E-state index in [2.05, 4.69) is 57.0 Å². The summed E-state index contributed by atoms with van der Waals surface area (Å²) in [4.78, 5) is 2.34. The Hall–Kier alpha value is -1.70. The van der Waals surface area contributed by atoms with Crippen LogP contribution in [0.1, 0.15) is 27.2 Å². The minimum atomic E-state index is 0.159. The van der Waals surface area contributed by atoms with Gasteiger partial charge in [-0.2, -0.15) is 0 Å². The van der Waals surface area contributed by atoms with Gasteiger partial charge in [0.25, 0.3) is 0 Å². The molecule has 0 heterocycles. The van der Waals surface area contributed by atoms with E-state index < -0.39 is 0 Å². The van der Waals surface area contributed by atoms with Gasteiger partial charge in [0.2, 0.25) is 0 Å². The summed E-state index contributed by atoms with van der Waals surface area (Å²) in [6.45, 7) is 6.76. The van der Waals surface area contributed by atoms with Gasteiger partial charge in [0.05, 0.1) is 7.11 Å². The fourth-order valence-corrected chi connectivity index (χ4v) is 2.21. The highest BCUT2D eigenvalue weighted by Crippen LogP contribution is 2.31. The molecule has 0 bridgehead atoms. The molecule has 102 valence electrons. The van der Waals surface area contributed by atoms with Gasteiger partial charge >= 0.3 is 0 Å². The molecule has 0 aromatic heterocycles. The minimum absolute atomic E-state index is 0.159. The van der Waals surface area contributed by atoms with E-state index in [1.807, 2.05) is 12.1 Å². The number of ether oxygens (including phenoxy) is 1. The minimum Gasteiger partial charge on any atom is -0.496 e. The fourth-order valence-electron chi connectivity index (χ4n) is 2.21. The molecular formula is C17H23NO. The van der Waals surface area contributed by atoms with Crippen molar-refractivity contribution in [2.75, 3.05) is 19.1 Å². The number of anilines is 1. The standard InChI is InChI=1S/C17H23NO/c1-6-17(2,3)18(4)14-10-11-15-13(12-14)8-7-9-16(15)19-5/h7-12H,6H2,1-5H3. The van der Waals surface area contributed by atoms with Crippen molar-refractivity contribution in [3.63, 3.8) is 0 Å². The SMILES string of the molecule is CCC(C)(C)N(C)c1ccc2c(OC)cccc2c1. The molecule has 2 aromatic rings. The zero-order valence-corrected chi connectivity index (χ0v) is 12.5. The average Bonchev–Trinajstić information content (AvgIpc) is 2.45. The van der Waals surface area contributed by atoms with Gasteiger partial charge < -0.3 is 9.64 Å². The molecule has 2 rings (SSSR count). The Labute approximate surface area is 116 Å². The van der Waals surface area contributed by atoms with Gasteiger partial charge in [-0.05, 0) is 49.9 Å². The Morgan fingerprint density at radius 2 is 1.89 bits per heavy atom. The molecule has 0 aliphatic rings. The zero-order valence-electron chi connectivity index (χ0n) is 12.5. The van der Waals surface area contributed by atoms with E-state index in [1.165, 1.54) is 11.1 Å². The Bertz CT molecular complexity index is 574. The van der Waals surface area contributed by atoms with E-state index in [0.29, 0.717) is 0 Å². The molecule has 2 aromatic carbocycles. The molecule has 0 N–H and O–H groups in total. The maximum absolute atomic E-state index is 5.40. The molecule has 19 heavy (non-hydrogen) atoms. The second kappa shape index (κ2) is 5.12. The van der Waals surface area contributed by atoms with Crippen LogP contribution in [0, 0.1) is 0 Å². The van der Waals surface area contributed by atoms with Crippen LogP contribution >= 0.6 is 0 Å². The molecule has 0 aliphatic heterocycles. The first-order chi connectivity index (χ1) is 8.99. The lowest BCUT2D eigenvalue weighted by Crippen LogP contribution is -2.40. The second-order valence-electron chi connectivity index (χ2n) is 5.59. The van der Waals surface area contributed by atoms with Crippen LogP contribution in [0.5, 0.6) is 5.75 Å². The van der Waals surface area contributed by atoms with Crippen molar-refractivity contribution in [3.8, 4) is 5.75 Å². The van der Waals surface area contributed by atoms with Crippen LogP contribution < -0.4 is 9.64 Å². The molecule has 2 heteroatoms. The Morgan fingerprint density at radius 3 is 2.53 bits per heavy atom. The molecule has 0 spiro atoms. The van der Waals surface area contributed by atoms with E-state index in [9.17, 15) is 0 Å². The number of hydrogen-bond acceptors (Lipinski definition) is 2. The molecule has 0 saturated carbocycles. The summed E-state index contributed by atoms with van der Waals surface area (Å²) >= 11 is 0. The lowest BCUT2D eigenvalue weighted by atomic mass is 9.98. The zero-order chi connectivity index (χ0) is 14.0. The van der Waals surface area contributed by atoms with Gasteiger partial charge in [-0.15, -0.1) is 0 Å². The predicted molar refractivity (Wildman–Crippen MR) is 83.3 cm³/mol. The van der Waals surface area contributed by atoms with Crippen LogP contribution in [0.2, 0.25) is 0 Å². The molecule has 2 nitrogen and oxygen atoms in total. The van der Waals surface area contributed by atoms with Gasteiger partial charge in [0, 0.05) is 23.7 Å². The van der Waals surface area contributed by atoms with Crippen LogP contribution in [0.3, 0.4) is 0 Å². The van der Waals surface area contributed by atoms with E-state index in [-0.39, 0.29) is 5.54 Å². The third-order valence-corrected chi connectivity index (χ3v) is 4.20. The monoisotopic (exact) mass is 257 g/mol. The van der Waals surface area contributed by atoms with Crippen LogP contribution in [0.15, 0.2) is 36.4 Å². The quantitative estimate of drug-likeness (QED) is 0.801. The summed E-state index contributed by atoms with van der Waals surface area (Å²) in [5.41, 5.74) is 1.40. The number of fused-ring (bicyclic) bond motifs is 1. The smallest absolute Gasteiger partial charge is 0.126 e. The molecule has 0 unspecified atom stereocenters. The van der Waals surface area contributed by atoms with Crippen molar-refractivity contribution in [2.45, 2.75) is 32.7 Å². The summed E-state index contributed by atoms with van der Waals surface area (Å²) in [6.07, 6.45) is 1.11. The lowest BCUT2D eigenvalue weighted by Gasteiger charge is -2.37. The van der Waals surface area contributed by atoms with Crippen molar-refractivity contribution in [2.24, 2.45) is 0 Å². The fraction of sp³-hybridized carbons (Fsp3) is 0.412. The van der Waals surface area contributed by atoms with Crippen molar-refractivity contribution in [1.82, 2.24) is 0 Å². The number of hydrogen-bond donors (Lipinski definition) is 0.